The van der Waals surface area contributed by atoms with Gasteiger partial charge in [-0.25, -0.2) is 0 Å². The number of hydrogen-bond donors (Lipinski definition) is 1. The fraction of sp³-hybridized carbons (Fsp3) is 0.917. The standard InChI is InChI=1S/C12H23NO3/c1-3-16-6-4-5-12(15)13(2)9-10-7-11(14)8-10/h10-11,14H,3-9H2,1-2H3. The average Bonchev–Trinajstić information content (AvgIpc) is 2.21. The highest BCUT2D eigenvalue weighted by atomic mass is 16.5. The van der Waals surface area contributed by atoms with Crippen LogP contribution in [0.5, 0.6) is 0 Å². The Morgan fingerprint density at radius 3 is 2.75 bits per heavy atom. The summed E-state index contributed by atoms with van der Waals surface area (Å²) in [6, 6.07) is 0. The van der Waals surface area contributed by atoms with Crippen molar-refractivity contribution in [3.8, 4) is 0 Å². The molecule has 94 valence electrons. The summed E-state index contributed by atoms with van der Waals surface area (Å²) >= 11 is 0. The van der Waals surface area contributed by atoms with Crippen LogP contribution in [0.4, 0.5) is 0 Å². The molecule has 0 spiro atoms. The molecule has 1 aliphatic rings. The monoisotopic (exact) mass is 229 g/mol. The molecule has 4 nitrogen and oxygen atoms in total. The molecule has 0 heterocycles. The number of amides is 1. The Balaban J connectivity index is 2.06. The van der Waals surface area contributed by atoms with Crippen LogP contribution in [-0.4, -0.2) is 48.8 Å². The maximum absolute atomic E-state index is 11.7. The molecule has 0 atom stereocenters. The number of aliphatic hydroxyl groups excluding tert-OH is 1. The minimum atomic E-state index is -0.133. The van der Waals surface area contributed by atoms with Crippen LogP contribution in [0.25, 0.3) is 0 Å². The van der Waals surface area contributed by atoms with Gasteiger partial charge in [0.15, 0.2) is 0 Å². The summed E-state index contributed by atoms with van der Waals surface area (Å²) in [6.07, 6.45) is 2.91. The van der Waals surface area contributed by atoms with Crippen LogP contribution in [0.1, 0.15) is 32.6 Å². The molecule has 0 bridgehead atoms. The molecule has 0 aromatic heterocycles. The number of nitrogens with zero attached hydrogens (tertiary/aromatic N) is 1. The molecule has 0 aromatic carbocycles. The maximum Gasteiger partial charge on any atom is 0.222 e. The minimum absolute atomic E-state index is 0.133. The third-order valence-electron chi connectivity index (χ3n) is 3.05. The van der Waals surface area contributed by atoms with Gasteiger partial charge in [-0.3, -0.25) is 4.79 Å². The number of carbonyl (C=O) groups excluding carboxylic acids is 1. The van der Waals surface area contributed by atoms with Gasteiger partial charge in [0.1, 0.15) is 0 Å². The smallest absolute Gasteiger partial charge is 0.222 e. The second-order valence-corrected chi connectivity index (χ2v) is 4.57. The molecular formula is C12H23NO3. The van der Waals surface area contributed by atoms with Crippen molar-refractivity contribution in [3.63, 3.8) is 0 Å². The molecule has 1 rings (SSSR count). The molecular weight excluding hydrogens is 206 g/mol. The summed E-state index contributed by atoms with van der Waals surface area (Å²) in [7, 11) is 1.84. The summed E-state index contributed by atoms with van der Waals surface area (Å²) in [5.41, 5.74) is 0. The first-order valence-corrected chi connectivity index (χ1v) is 6.13. The molecule has 1 amide bonds. The summed E-state index contributed by atoms with van der Waals surface area (Å²) < 4.78 is 5.19. The third kappa shape index (κ3) is 4.49. The van der Waals surface area contributed by atoms with Crippen LogP contribution in [0.3, 0.4) is 0 Å². The van der Waals surface area contributed by atoms with Gasteiger partial charge in [-0.05, 0) is 32.1 Å². The maximum atomic E-state index is 11.7. The van der Waals surface area contributed by atoms with Crippen molar-refractivity contribution < 1.29 is 14.6 Å². The van der Waals surface area contributed by atoms with E-state index >= 15 is 0 Å². The van der Waals surface area contributed by atoms with Gasteiger partial charge in [-0.1, -0.05) is 0 Å². The number of carbonyl (C=O) groups is 1. The zero-order chi connectivity index (χ0) is 12.0. The molecule has 0 radical (unpaired) electrons. The number of hydrogen-bond acceptors (Lipinski definition) is 3. The topological polar surface area (TPSA) is 49.8 Å². The molecule has 0 unspecified atom stereocenters. The van der Waals surface area contributed by atoms with Gasteiger partial charge < -0.3 is 14.7 Å². The van der Waals surface area contributed by atoms with E-state index in [0.717, 1.165) is 25.8 Å². The fourth-order valence-corrected chi connectivity index (χ4v) is 2.00. The van der Waals surface area contributed by atoms with Crippen LogP contribution in [0.2, 0.25) is 0 Å². The quantitative estimate of drug-likeness (QED) is 0.663. The van der Waals surface area contributed by atoms with Crippen LogP contribution < -0.4 is 0 Å². The highest BCUT2D eigenvalue weighted by Crippen LogP contribution is 2.27. The predicted molar refractivity (Wildman–Crippen MR) is 62.1 cm³/mol. The van der Waals surface area contributed by atoms with E-state index in [-0.39, 0.29) is 12.0 Å². The van der Waals surface area contributed by atoms with Crippen LogP contribution in [-0.2, 0) is 9.53 Å². The van der Waals surface area contributed by atoms with E-state index in [1.807, 2.05) is 14.0 Å². The lowest BCUT2D eigenvalue weighted by Gasteiger charge is -2.34. The van der Waals surface area contributed by atoms with Crippen LogP contribution in [0, 0.1) is 5.92 Å². The zero-order valence-electron chi connectivity index (χ0n) is 10.3. The number of ether oxygens (including phenoxy) is 1. The lowest BCUT2D eigenvalue weighted by molar-refractivity contribution is -0.131. The van der Waals surface area contributed by atoms with E-state index in [0.29, 0.717) is 25.6 Å². The van der Waals surface area contributed by atoms with Gasteiger partial charge in [-0.15, -0.1) is 0 Å². The lowest BCUT2D eigenvalue weighted by Crippen LogP contribution is -2.39. The van der Waals surface area contributed by atoms with Gasteiger partial charge in [0.2, 0.25) is 5.91 Å². The van der Waals surface area contributed by atoms with E-state index in [2.05, 4.69) is 0 Å². The Hall–Kier alpha value is -0.610. The summed E-state index contributed by atoms with van der Waals surface area (Å²) in [4.78, 5) is 13.5. The normalized spacial score (nSPS) is 23.9. The summed E-state index contributed by atoms with van der Waals surface area (Å²) in [5, 5.41) is 9.15. The van der Waals surface area contributed by atoms with Crippen molar-refractivity contribution in [1.82, 2.24) is 4.90 Å². The Morgan fingerprint density at radius 1 is 1.50 bits per heavy atom. The molecule has 0 saturated heterocycles. The first-order chi connectivity index (χ1) is 7.63. The first-order valence-electron chi connectivity index (χ1n) is 6.13. The minimum Gasteiger partial charge on any atom is -0.393 e. The number of aliphatic hydroxyl groups is 1. The molecule has 4 heteroatoms. The van der Waals surface area contributed by atoms with E-state index in [1.54, 1.807) is 4.90 Å². The SMILES string of the molecule is CCOCCCC(=O)N(C)CC1CC(O)C1. The first kappa shape index (κ1) is 13.5. The van der Waals surface area contributed by atoms with Crippen molar-refractivity contribution in [1.29, 1.82) is 0 Å². The van der Waals surface area contributed by atoms with Crippen molar-refractivity contribution in [3.05, 3.63) is 0 Å². The Morgan fingerprint density at radius 2 is 2.19 bits per heavy atom. The van der Waals surface area contributed by atoms with E-state index in [4.69, 9.17) is 9.84 Å². The van der Waals surface area contributed by atoms with E-state index < -0.39 is 0 Å². The van der Waals surface area contributed by atoms with Crippen molar-refractivity contribution in [2.45, 2.75) is 38.7 Å². The highest BCUT2D eigenvalue weighted by Gasteiger charge is 2.28. The highest BCUT2D eigenvalue weighted by molar-refractivity contribution is 5.75. The van der Waals surface area contributed by atoms with Crippen molar-refractivity contribution in [2.75, 3.05) is 26.8 Å². The fourth-order valence-electron chi connectivity index (χ4n) is 2.00. The molecule has 1 saturated carbocycles. The van der Waals surface area contributed by atoms with Gasteiger partial charge >= 0.3 is 0 Å². The van der Waals surface area contributed by atoms with Gasteiger partial charge in [0.05, 0.1) is 6.10 Å². The molecule has 16 heavy (non-hydrogen) atoms. The van der Waals surface area contributed by atoms with E-state index in [9.17, 15) is 4.79 Å². The molecule has 1 fully saturated rings. The molecule has 1 aliphatic carbocycles. The molecule has 0 aromatic rings. The van der Waals surface area contributed by atoms with Gasteiger partial charge in [-0.2, -0.15) is 0 Å². The Labute approximate surface area is 97.6 Å². The lowest BCUT2D eigenvalue weighted by atomic mass is 9.82. The largest absolute Gasteiger partial charge is 0.393 e. The average molecular weight is 229 g/mol. The summed E-state index contributed by atoms with van der Waals surface area (Å²) in [6.45, 7) is 4.11. The van der Waals surface area contributed by atoms with Crippen LogP contribution >= 0.6 is 0 Å². The number of rotatable bonds is 7. The van der Waals surface area contributed by atoms with Crippen molar-refractivity contribution >= 4 is 5.91 Å². The van der Waals surface area contributed by atoms with E-state index in [1.165, 1.54) is 0 Å². The van der Waals surface area contributed by atoms with Gasteiger partial charge in [0.25, 0.3) is 0 Å². The van der Waals surface area contributed by atoms with Gasteiger partial charge in [0, 0.05) is 33.2 Å². The second kappa shape index (κ2) is 6.86. The Kier molecular flexibility index (Phi) is 5.77. The predicted octanol–water partition coefficient (Wildman–Crippen LogP) is 1.03. The molecule has 0 aliphatic heterocycles. The zero-order valence-corrected chi connectivity index (χ0v) is 10.3. The Bertz CT molecular complexity index is 214. The third-order valence-corrected chi connectivity index (χ3v) is 3.05. The summed E-state index contributed by atoms with van der Waals surface area (Å²) in [5.74, 6) is 0.678. The van der Waals surface area contributed by atoms with Crippen LogP contribution in [0.15, 0.2) is 0 Å². The molecule has 1 N–H and O–H groups in total. The van der Waals surface area contributed by atoms with Crippen molar-refractivity contribution in [2.24, 2.45) is 5.92 Å². The second-order valence-electron chi connectivity index (χ2n) is 4.57.